The lowest BCUT2D eigenvalue weighted by Gasteiger charge is -2.13. The molecule has 5 N–H and O–H groups in total. The Balaban J connectivity index is 0.00000225. The number of aliphatic carboxylic acids is 1. The summed E-state index contributed by atoms with van der Waals surface area (Å²) < 4.78 is 0. The van der Waals surface area contributed by atoms with Crippen LogP contribution in [0, 0.1) is 0 Å². The van der Waals surface area contributed by atoms with Crippen molar-refractivity contribution < 1.29 is 20.1 Å². The molecule has 16 heavy (non-hydrogen) atoms. The van der Waals surface area contributed by atoms with Crippen molar-refractivity contribution in [2.45, 2.75) is 18.6 Å². The fourth-order valence-corrected chi connectivity index (χ4v) is 1.17. The first-order valence-electron chi connectivity index (χ1n) is 4.46. The van der Waals surface area contributed by atoms with Gasteiger partial charge in [-0.05, 0) is 17.7 Å². The summed E-state index contributed by atoms with van der Waals surface area (Å²) in [5, 5.41) is 27.2. The summed E-state index contributed by atoms with van der Waals surface area (Å²) in [4.78, 5) is 10.4. The average Bonchev–Trinajstić information content (AvgIpc) is 2.18. The highest BCUT2D eigenvalue weighted by molar-refractivity contribution is 5.85. The van der Waals surface area contributed by atoms with Crippen LogP contribution in [0.3, 0.4) is 0 Å². The quantitative estimate of drug-likeness (QED) is 0.625. The van der Waals surface area contributed by atoms with Gasteiger partial charge in [-0.1, -0.05) is 12.1 Å². The highest BCUT2D eigenvalue weighted by atomic mass is 35.5. The van der Waals surface area contributed by atoms with E-state index in [1.54, 1.807) is 0 Å². The molecular formula is C10H14ClNO4. The Morgan fingerprint density at radius 2 is 1.81 bits per heavy atom. The molecule has 0 amide bonds. The average molecular weight is 248 g/mol. The molecule has 0 aliphatic rings. The van der Waals surface area contributed by atoms with E-state index in [1.807, 2.05) is 0 Å². The van der Waals surface area contributed by atoms with Crippen LogP contribution in [0.15, 0.2) is 24.3 Å². The van der Waals surface area contributed by atoms with E-state index in [2.05, 4.69) is 0 Å². The number of halogens is 1. The van der Waals surface area contributed by atoms with Crippen molar-refractivity contribution in [3.63, 3.8) is 0 Å². The number of aromatic hydroxyl groups is 1. The number of phenolic OH excluding ortho intramolecular Hbond substituents is 1. The third-order valence-corrected chi connectivity index (χ3v) is 2.07. The summed E-state index contributed by atoms with van der Waals surface area (Å²) in [6.45, 7) is 0. The van der Waals surface area contributed by atoms with Crippen LogP contribution in [-0.4, -0.2) is 27.3 Å². The molecule has 0 saturated carbocycles. The van der Waals surface area contributed by atoms with Gasteiger partial charge < -0.3 is 21.1 Å². The predicted octanol–water partition coefficient (Wildman–Crippen LogP) is 0.649. The first kappa shape index (κ1) is 14.7. The lowest BCUT2D eigenvalue weighted by atomic mass is 10.0. The highest BCUT2D eigenvalue weighted by Gasteiger charge is 2.17. The molecule has 0 radical (unpaired) electrons. The number of hydrogen-bond acceptors (Lipinski definition) is 4. The van der Waals surface area contributed by atoms with Crippen molar-refractivity contribution in [3.05, 3.63) is 29.8 Å². The minimum atomic E-state index is -1.15. The van der Waals surface area contributed by atoms with Gasteiger partial charge in [0, 0.05) is 6.42 Å². The predicted molar refractivity (Wildman–Crippen MR) is 60.5 cm³/mol. The number of rotatable bonds is 4. The van der Waals surface area contributed by atoms with Crippen molar-refractivity contribution in [1.82, 2.24) is 0 Å². The van der Waals surface area contributed by atoms with E-state index in [9.17, 15) is 9.90 Å². The first-order chi connectivity index (χ1) is 7.00. The largest absolute Gasteiger partial charge is 0.508 e. The lowest BCUT2D eigenvalue weighted by Crippen LogP contribution is -2.31. The topological polar surface area (TPSA) is 104 Å². The number of phenols is 1. The van der Waals surface area contributed by atoms with Gasteiger partial charge in [0.2, 0.25) is 0 Å². The van der Waals surface area contributed by atoms with Gasteiger partial charge in [-0.2, -0.15) is 0 Å². The molecular weight excluding hydrogens is 234 g/mol. The molecule has 1 aromatic carbocycles. The number of carbonyl (C=O) groups is 1. The van der Waals surface area contributed by atoms with E-state index >= 15 is 0 Å². The summed E-state index contributed by atoms with van der Waals surface area (Å²) in [5.74, 6) is -1.05. The number of carboxylic acids is 1. The van der Waals surface area contributed by atoms with Crippen molar-refractivity contribution in [2.75, 3.05) is 0 Å². The molecule has 1 aromatic rings. The van der Waals surface area contributed by atoms with E-state index in [1.165, 1.54) is 24.3 Å². The first-order valence-corrected chi connectivity index (χ1v) is 4.46. The molecule has 0 fully saturated rings. The number of carboxylic acid groups (broad SMARTS) is 1. The second-order valence-corrected chi connectivity index (χ2v) is 3.29. The van der Waals surface area contributed by atoms with E-state index in [0.717, 1.165) is 0 Å². The van der Waals surface area contributed by atoms with Gasteiger partial charge in [0.25, 0.3) is 0 Å². The molecule has 2 unspecified atom stereocenters. The summed E-state index contributed by atoms with van der Waals surface area (Å²) >= 11 is 0. The Bertz CT molecular complexity index is 341. The second-order valence-electron chi connectivity index (χ2n) is 3.29. The molecule has 0 spiro atoms. The zero-order valence-corrected chi connectivity index (χ0v) is 9.22. The van der Waals surface area contributed by atoms with Gasteiger partial charge in [-0.15, -0.1) is 12.4 Å². The Morgan fingerprint density at radius 3 is 2.25 bits per heavy atom. The van der Waals surface area contributed by atoms with Crippen LogP contribution in [0.2, 0.25) is 0 Å². The number of hydrogen-bond donors (Lipinski definition) is 4. The van der Waals surface area contributed by atoms with Crippen molar-refractivity contribution in [2.24, 2.45) is 5.73 Å². The second kappa shape index (κ2) is 6.32. The summed E-state index contributed by atoms with van der Waals surface area (Å²) in [6.07, 6.45) is -0.989. The zero-order chi connectivity index (χ0) is 11.4. The molecule has 1 rings (SSSR count). The van der Waals surface area contributed by atoms with Crippen LogP contribution in [0.1, 0.15) is 18.1 Å². The molecule has 0 heterocycles. The molecule has 0 aliphatic carbocycles. The maximum absolute atomic E-state index is 10.4. The maximum atomic E-state index is 10.4. The van der Waals surface area contributed by atoms with Crippen LogP contribution < -0.4 is 5.73 Å². The minimum absolute atomic E-state index is 0. The Morgan fingerprint density at radius 1 is 1.31 bits per heavy atom. The van der Waals surface area contributed by atoms with Crippen LogP contribution in [0.5, 0.6) is 5.75 Å². The van der Waals surface area contributed by atoms with Gasteiger partial charge in [-0.3, -0.25) is 4.79 Å². The van der Waals surface area contributed by atoms with Gasteiger partial charge in [0.1, 0.15) is 11.8 Å². The van der Waals surface area contributed by atoms with E-state index in [4.69, 9.17) is 15.9 Å². The smallest absolute Gasteiger partial charge is 0.320 e. The Kier molecular flexibility index (Phi) is 5.81. The zero-order valence-electron chi connectivity index (χ0n) is 8.41. The van der Waals surface area contributed by atoms with Crippen LogP contribution >= 0.6 is 12.4 Å². The van der Waals surface area contributed by atoms with Gasteiger partial charge in [0.05, 0.1) is 6.10 Å². The minimum Gasteiger partial charge on any atom is -0.508 e. The van der Waals surface area contributed by atoms with E-state index < -0.39 is 18.1 Å². The van der Waals surface area contributed by atoms with Crippen LogP contribution in [0.4, 0.5) is 0 Å². The standard InChI is InChI=1S/C10H13NO4.ClH/c11-8(10(14)15)5-9(13)6-1-3-7(12)4-2-6;/h1-4,8-9,12-13H,5,11H2,(H,14,15);1H. The van der Waals surface area contributed by atoms with E-state index in [-0.39, 0.29) is 24.6 Å². The summed E-state index contributed by atoms with van der Waals surface area (Å²) in [7, 11) is 0. The third kappa shape index (κ3) is 4.06. The van der Waals surface area contributed by atoms with Gasteiger partial charge >= 0.3 is 5.97 Å². The monoisotopic (exact) mass is 247 g/mol. The van der Waals surface area contributed by atoms with Crippen molar-refractivity contribution in [3.8, 4) is 5.75 Å². The molecule has 5 nitrogen and oxygen atoms in total. The SMILES string of the molecule is Cl.NC(CC(O)c1ccc(O)cc1)C(=O)O. The molecule has 6 heteroatoms. The summed E-state index contributed by atoms with van der Waals surface area (Å²) in [6, 6.07) is 4.80. The fraction of sp³-hybridized carbons (Fsp3) is 0.300. The number of aliphatic hydroxyl groups is 1. The molecule has 0 bridgehead atoms. The maximum Gasteiger partial charge on any atom is 0.320 e. The Hall–Kier alpha value is -1.30. The van der Waals surface area contributed by atoms with E-state index in [0.29, 0.717) is 5.56 Å². The normalized spacial score (nSPS) is 13.6. The fourth-order valence-electron chi connectivity index (χ4n) is 1.17. The van der Waals surface area contributed by atoms with Gasteiger partial charge in [-0.25, -0.2) is 0 Å². The van der Waals surface area contributed by atoms with Crippen molar-refractivity contribution >= 4 is 18.4 Å². The number of aliphatic hydroxyl groups excluding tert-OH is 1. The van der Waals surface area contributed by atoms with Gasteiger partial charge in [0.15, 0.2) is 0 Å². The van der Waals surface area contributed by atoms with Crippen molar-refractivity contribution in [1.29, 1.82) is 0 Å². The summed E-state index contributed by atoms with van der Waals surface area (Å²) in [5.41, 5.74) is 5.81. The highest BCUT2D eigenvalue weighted by Crippen LogP contribution is 2.20. The third-order valence-electron chi connectivity index (χ3n) is 2.07. The van der Waals surface area contributed by atoms with Crippen LogP contribution in [-0.2, 0) is 4.79 Å². The molecule has 2 atom stereocenters. The Labute approximate surface area is 98.9 Å². The number of benzene rings is 1. The molecule has 0 aromatic heterocycles. The molecule has 0 saturated heterocycles. The lowest BCUT2D eigenvalue weighted by molar-refractivity contribution is -0.139. The number of nitrogens with two attached hydrogens (primary N) is 1. The molecule has 0 aliphatic heterocycles. The molecule has 90 valence electrons. The van der Waals surface area contributed by atoms with Crippen LogP contribution in [0.25, 0.3) is 0 Å².